The summed E-state index contributed by atoms with van der Waals surface area (Å²) >= 11 is 0. The van der Waals surface area contributed by atoms with Gasteiger partial charge in [-0.3, -0.25) is 9.69 Å². The Kier molecular flexibility index (Phi) is 5.80. The van der Waals surface area contributed by atoms with E-state index in [0.717, 1.165) is 19.6 Å². The third-order valence-electron chi connectivity index (χ3n) is 3.53. The highest BCUT2D eigenvalue weighted by molar-refractivity contribution is 5.86. The van der Waals surface area contributed by atoms with E-state index < -0.39 is 0 Å². The van der Waals surface area contributed by atoms with Gasteiger partial charge in [0.15, 0.2) is 5.78 Å². The molecule has 0 aromatic heterocycles. The van der Waals surface area contributed by atoms with Crippen molar-refractivity contribution in [3.63, 3.8) is 0 Å². The molecule has 0 radical (unpaired) electrons. The zero-order valence-corrected chi connectivity index (χ0v) is 12.8. The van der Waals surface area contributed by atoms with Crippen LogP contribution in [0, 0.1) is 11.8 Å². The molecule has 0 saturated carbocycles. The predicted octanol–water partition coefficient (Wildman–Crippen LogP) is 2.74. The van der Waals surface area contributed by atoms with Gasteiger partial charge in [-0.1, -0.05) is 27.7 Å². The lowest BCUT2D eigenvalue weighted by molar-refractivity contribution is -0.126. The van der Waals surface area contributed by atoms with Crippen LogP contribution < -0.4 is 0 Å². The van der Waals surface area contributed by atoms with Gasteiger partial charge in [-0.15, -0.1) is 0 Å². The van der Waals surface area contributed by atoms with Crippen molar-refractivity contribution in [2.24, 2.45) is 11.8 Å². The van der Waals surface area contributed by atoms with Crippen LogP contribution in [0.25, 0.3) is 0 Å². The zero-order valence-electron chi connectivity index (χ0n) is 12.8. The van der Waals surface area contributed by atoms with Gasteiger partial charge in [0.25, 0.3) is 0 Å². The van der Waals surface area contributed by atoms with Crippen molar-refractivity contribution in [3.8, 4) is 0 Å². The molecule has 1 rings (SSSR count). The molecule has 106 valence electrons. The van der Waals surface area contributed by atoms with Crippen LogP contribution in [0.15, 0.2) is 0 Å². The largest absolute Gasteiger partial charge is 0.377 e. The molecule has 3 nitrogen and oxygen atoms in total. The molecule has 0 N–H and O–H groups in total. The molecule has 18 heavy (non-hydrogen) atoms. The number of carbonyl (C=O) groups excluding carboxylic acids is 1. The van der Waals surface area contributed by atoms with E-state index in [1.807, 2.05) is 13.8 Å². The molecule has 1 aliphatic heterocycles. The lowest BCUT2D eigenvalue weighted by Crippen LogP contribution is -2.42. The summed E-state index contributed by atoms with van der Waals surface area (Å²) in [5.41, 5.74) is 0. The summed E-state index contributed by atoms with van der Waals surface area (Å²) in [4.78, 5) is 14.5. The fourth-order valence-electron chi connectivity index (χ4n) is 2.51. The van der Waals surface area contributed by atoms with Crippen LogP contribution in [-0.2, 0) is 9.53 Å². The van der Waals surface area contributed by atoms with Crippen molar-refractivity contribution in [2.75, 3.05) is 13.2 Å². The van der Waals surface area contributed by atoms with Gasteiger partial charge in [-0.05, 0) is 26.2 Å². The maximum Gasteiger partial charge on any atom is 0.152 e. The van der Waals surface area contributed by atoms with Crippen LogP contribution in [0.5, 0.6) is 0 Å². The molecule has 0 bridgehead atoms. The third-order valence-corrected chi connectivity index (χ3v) is 3.53. The third kappa shape index (κ3) is 4.06. The Bertz CT molecular complexity index is 274. The van der Waals surface area contributed by atoms with Crippen LogP contribution in [0.2, 0.25) is 0 Å². The van der Waals surface area contributed by atoms with Crippen molar-refractivity contribution < 1.29 is 9.53 Å². The van der Waals surface area contributed by atoms with Crippen LogP contribution in [0.3, 0.4) is 0 Å². The number of carbonyl (C=O) groups is 1. The fourth-order valence-corrected chi connectivity index (χ4v) is 2.51. The average molecular weight is 255 g/mol. The first-order valence-corrected chi connectivity index (χ1v) is 7.24. The summed E-state index contributed by atoms with van der Waals surface area (Å²) in [6.45, 7) is 14.3. The van der Waals surface area contributed by atoms with E-state index in [0.29, 0.717) is 17.7 Å². The lowest BCUT2D eigenvalue weighted by Gasteiger charge is -2.27. The van der Waals surface area contributed by atoms with Crippen LogP contribution in [-0.4, -0.2) is 42.0 Å². The summed E-state index contributed by atoms with van der Waals surface area (Å²) in [7, 11) is 0. The Morgan fingerprint density at radius 3 is 2.28 bits per heavy atom. The number of rotatable bonds is 6. The molecule has 0 aliphatic carbocycles. The van der Waals surface area contributed by atoms with Crippen molar-refractivity contribution in [2.45, 2.75) is 66.2 Å². The Morgan fingerprint density at radius 2 is 1.83 bits per heavy atom. The minimum atomic E-state index is 0.0576. The van der Waals surface area contributed by atoms with Gasteiger partial charge >= 0.3 is 0 Å². The first-order valence-electron chi connectivity index (χ1n) is 7.24. The number of hydrogen-bond acceptors (Lipinski definition) is 3. The molecular weight excluding hydrogens is 226 g/mol. The number of ketones is 1. The molecule has 2 atom stereocenters. The normalized spacial score (nSPS) is 25.6. The van der Waals surface area contributed by atoms with Crippen molar-refractivity contribution in [1.82, 2.24) is 4.90 Å². The van der Waals surface area contributed by atoms with E-state index in [1.54, 1.807) is 0 Å². The fraction of sp³-hybridized carbons (Fsp3) is 0.933. The minimum absolute atomic E-state index is 0.0576. The second-order valence-electron chi connectivity index (χ2n) is 6.45. The standard InChI is InChI=1S/C15H29NO2/c1-10(2)9-18-13-7-14(15(17)11(3)4)16(8-13)12(5)6/h10-14H,7-9H2,1-6H3. The molecule has 0 spiro atoms. The summed E-state index contributed by atoms with van der Waals surface area (Å²) in [6.07, 6.45) is 1.09. The van der Waals surface area contributed by atoms with E-state index >= 15 is 0 Å². The number of Topliss-reactive ketones (excluding diaryl/α,β-unsaturated/α-hetero) is 1. The monoisotopic (exact) mass is 255 g/mol. The highest BCUT2D eigenvalue weighted by Gasteiger charge is 2.39. The highest BCUT2D eigenvalue weighted by atomic mass is 16.5. The zero-order chi connectivity index (χ0) is 13.9. The van der Waals surface area contributed by atoms with Gasteiger partial charge in [0.1, 0.15) is 0 Å². The Hall–Kier alpha value is -0.410. The van der Waals surface area contributed by atoms with Gasteiger partial charge in [-0.25, -0.2) is 0 Å². The second-order valence-corrected chi connectivity index (χ2v) is 6.45. The molecule has 3 heteroatoms. The number of nitrogens with zero attached hydrogens (tertiary/aromatic N) is 1. The quantitative estimate of drug-likeness (QED) is 0.731. The highest BCUT2D eigenvalue weighted by Crippen LogP contribution is 2.25. The predicted molar refractivity (Wildman–Crippen MR) is 74.7 cm³/mol. The molecule has 1 heterocycles. The van der Waals surface area contributed by atoms with E-state index in [9.17, 15) is 4.79 Å². The van der Waals surface area contributed by atoms with E-state index in [2.05, 4.69) is 32.6 Å². The molecule has 1 fully saturated rings. The molecule has 2 unspecified atom stereocenters. The Balaban J connectivity index is 2.62. The summed E-state index contributed by atoms with van der Waals surface area (Å²) in [5, 5.41) is 0. The average Bonchev–Trinajstić information content (AvgIpc) is 2.69. The molecule has 1 aliphatic rings. The SMILES string of the molecule is CC(C)COC1CC(C(=O)C(C)C)N(C(C)C)C1. The van der Waals surface area contributed by atoms with Crippen LogP contribution in [0.1, 0.15) is 48.0 Å². The van der Waals surface area contributed by atoms with Gasteiger partial charge in [0.2, 0.25) is 0 Å². The molecule has 1 saturated heterocycles. The van der Waals surface area contributed by atoms with Crippen molar-refractivity contribution in [1.29, 1.82) is 0 Å². The van der Waals surface area contributed by atoms with Gasteiger partial charge in [0, 0.05) is 25.1 Å². The minimum Gasteiger partial charge on any atom is -0.377 e. The van der Waals surface area contributed by atoms with Gasteiger partial charge in [0.05, 0.1) is 12.1 Å². The smallest absolute Gasteiger partial charge is 0.152 e. The maximum absolute atomic E-state index is 12.2. The Morgan fingerprint density at radius 1 is 1.22 bits per heavy atom. The molecular formula is C15H29NO2. The number of likely N-dealkylation sites (tertiary alicyclic amines) is 1. The summed E-state index contributed by atoms with van der Waals surface area (Å²) in [5.74, 6) is 1.02. The van der Waals surface area contributed by atoms with Crippen molar-refractivity contribution >= 4 is 5.78 Å². The number of hydrogen-bond donors (Lipinski definition) is 0. The van der Waals surface area contributed by atoms with E-state index in [4.69, 9.17) is 4.74 Å². The maximum atomic E-state index is 12.2. The van der Waals surface area contributed by atoms with E-state index in [-0.39, 0.29) is 18.1 Å². The van der Waals surface area contributed by atoms with E-state index in [1.165, 1.54) is 0 Å². The van der Waals surface area contributed by atoms with Crippen LogP contribution in [0.4, 0.5) is 0 Å². The lowest BCUT2D eigenvalue weighted by atomic mass is 9.99. The van der Waals surface area contributed by atoms with Crippen molar-refractivity contribution in [3.05, 3.63) is 0 Å². The number of ether oxygens (including phenoxy) is 1. The van der Waals surface area contributed by atoms with Gasteiger partial charge < -0.3 is 4.74 Å². The molecule has 0 aromatic carbocycles. The summed E-state index contributed by atoms with van der Waals surface area (Å²) in [6, 6.07) is 0.465. The first kappa shape index (κ1) is 15.6. The van der Waals surface area contributed by atoms with Crippen LogP contribution >= 0.6 is 0 Å². The molecule has 0 amide bonds. The topological polar surface area (TPSA) is 29.5 Å². The van der Waals surface area contributed by atoms with Gasteiger partial charge in [-0.2, -0.15) is 0 Å². The molecule has 0 aromatic rings. The summed E-state index contributed by atoms with van der Waals surface area (Å²) < 4.78 is 5.91. The Labute approximate surface area is 112 Å². The first-order chi connectivity index (χ1) is 8.32. The second kappa shape index (κ2) is 6.67.